The van der Waals surface area contributed by atoms with Crippen LogP contribution in [0, 0.1) is 12.7 Å². The van der Waals surface area contributed by atoms with E-state index in [1.54, 1.807) is 11.0 Å². The Kier molecular flexibility index (Phi) is 5.60. The second kappa shape index (κ2) is 8.19. The van der Waals surface area contributed by atoms with Crippen LogP contribution >= 0.6 is 0 Å². The van der Waals surface area contributed by atoms with Gasteiger partial charge in [0.2, 0.25) is 0 Å². The molecule has 1 fully saturated rings. The molecule has 0 spiro atoms. The molecule has 3 heterocycles. The molecule has 1 saturated heterocycles. The molecular weight excluding hydrogens is 379 g/mol. The first-order valence-corrected chi connectivity index (χ1v) is 10.7. The minimum absolute atomic E-state index is 0.0340. The number of nitrogens with zero attached hydrogens (tertiary/aromatic N) is 3. The maximum Gasteiger partial charge on any atom is 0.254 e. The van der Waals surface area contributed by atoms with Gasteiger partial charge in [-0.05, 0) is 75.9 Å². The number of rotatable bonds is 5. The standard InChI is InChI=1S/C24H29FN4O/c1-5-28(15(2)3)24(30)22-11-19(25)6-7-20(22)21-10-18(17-8-9-26-12-17)14-29-16(4)27-13-23(21)29/h6-7,10-11,13-15,17,26H,5,8-9,12H2,1-4H3. The first-order valence-electron chi connectivity index (χ1n) is 10.7. The van der Waals surface area contributed by atoms with E-state index in [2.05, 4.69) is 27.0 Å². The smallest absolute Gasteiger partial charge is 0.254 e. The number of aromatic nitrogens is 2. The molecule has 158 valence electrons. The highest BCUT2D eigenvalue weighted by atomic mass is 19.1. The van der Waals surface area contributed by atoms with Crippen LogP contribution in [0.4, 0.5) is 4.39 Å². The van der Waals surface area contributed by atoms with Crippen molar-refractivity contribution in [3.8, 4) is 11.1 Å². The Morgan fingerprint density at radius 3 is 2.80 bits per heavy atom. The van der Waals surface area contributed by atoms with Crippen LogP contribution in [-0.2, 0) is 0 Å². The molecule has 1 amide bonds. The fourth-order valence-corrected chi connectivity index (χ4v) is 4.45. The number of carbonyl (C=O) groups excluding carboxylic acids is 1. The van der Waals surface area contributed by atoms with Crippen molar-refractivity contribution in [3.05, 3.63) is 59.4 Å². The van der Waals surface area contributed by atoms with Crippen molar-refractivity contribution in [1.82, 2.24) is 19.6 Å². The summed E-state index contributed by atoms with van der Waals surface area (Å²) in [5, 5.41) is 3.42. The molecule has 1 unspecified atom stereocenters. The van der Waals surface area contributed by atoms with Crippen molar-refractivity contribution in [1.29, 1.82) is 0 Å². The number of nitrogens with one attached hydrogen (secondary N) is 1. The highest BCUT2D eigenvalue weighted by Gasteiger charge is 2.24. The SMILES string of the molecule is CCN(C(=O)c1cc(F)ccc1-c1cc(C2CCNC2)cn2c(C)ncc12)C(C)C. The van der Waals surface area contributed by atoms with E-state index in [1.165, 1.54) is 17.7 Å². The predicted octanol–water partition coefficient (Wildman–Crippen LogP) is 4.40. The largest absolute Gasteiger partial charge is 0.336 e. The summed E-state index contributed by atoms with van der Waals surface area (Å²) >= 11 is 0. The quantitative estimate of drug-likeness (QED) is 0.681. The molecule has 2 aromatic heterocycles. The Bertz CT molecular complexity index is 1080. The zero-order valence-electron chi connectivity index (χ0n) is 18.1. The van der Waals surface area contributed by atoms with Crippen LogP contribution < -0.4 is 5.32 Å². The van der Waals surface area contributed by atoms with Crippen LogP contribution in [0.25, 0.3) is 16.6 Å². The van der Waals surface area contributed by atoms with Gasteiger partial charge >= 0.3 is 0 Å². The van der Waals surface area contributed by atoms with Crippen LogP contribution in [0.1, 0.15) is 54.9 Å². The third-order valence-corrected chi connectivity index (χ3v) is 6.11. The van der Waals surface area contributed by atoms with E-state index in [0.29, 0.717) is 18.0 Å². The van der Waals surface area contributed by atoms with Crippen LogP contribution in [-0.4, -0.2) is 45.9 Å². The summed E-state index contributed by atoms with van der Waals surface area (Å²) in [4.78, 5) is 19.6. The lowest BCUT2D eigenvalue weighted by Gasteiger charge is -2.26. The molecule has 1 aromatic carbocycles. The van der Waals surface area contributed by atoms with Crippen molar-refractivity contribution in [2.45, 2.75) is 46.1 Å². The Morgan fingerprint density at radius 2 is 2.13 bits per heavy atom. The monoisotopic (exact) mass is 408 g/mol. The van der Waals surface area contributed by atoms with Crippen molar-refractivity contribution < 1.29 is 9.18 Å². The van der Waals surface area contributed by atoms with Gasteiger partial charge in [0.1, 0.15) is 11.6 Å². The van der Waals surface area contributed by atoms with Gasteiger partial charge < -0.3 is 14.6 Å². The van der Waals surface area contributed by atoms with Gasteiger partial charge in [-0.2, -0.15) is 0 Å². The predicted molar refractivity (Wildman–Crippen MR) is 117 cm³/mol. The highest BCUT2D eigenvalue weighted by Crippen LogP contribution is 2.34. The number of benzene rings is 1. The van der Waals surface area contributed by atoms with Crippen LogP contribution in [0.3, 0.4) is 0 Å². The molecule has 1 N–H and O–H groups in total. The van der Waals surface area contributed by atoms with Gasteiger partial charge in [-0.25, -0.2) is 9.37 Å². The summed E-state index contributed by atoms with van der Waals surface area (Å²) in [5.41, 5.74) is 4.20. The number of pyridine rings is 1. The number of hydrogen-bond acceptors (Lipinski definition) is 3. The molecule has 1 aliphatic heterocycles. The van der Waals surface area contributed by atoms with E-state index < -0.39 is 5.82 Å². The van der Waals surface area contributed by atoms with Crippen molar-refractivity contribution in [2.75, 3.05) is 19.6 Å². The topological polar surface area (TPSA) is 49.6 Å². The van der Waals surface area contributed by atoms with Crippen LogP contribution in [0.2, 0.25) is 0 Å². The van der Waals surface area contributed by atoms with Gasteiger partial charge in [0.05, 0.1) is 17.3 Å². The number of aryl methyl sites for hydroxylation is 1. The second-order valence-corrected chi connectivity index (χ2v) is 8.31. The van der Waals surface area contributed by atoms with E-state index in [-0.39, 0.29) is 11.9 Å². The molecule has 0 bridgehead atoms. The summed E-state index contributed by atoms with van der Waals surface area (Å²) in [6, 6.07) is 6.72. The molecule has 3 aromatic rings. The zero-order chi connectivity index (χ0) is 21.4. The van der Waals surface area contributed by atoms with Gasteiger partial charge in [-0.15, -0.1) is 0 Å². The maximum absolute atomic E-state index is 14.2. The Hall–Kier alpha value is -2.73. The Labute approximate surface area is 176 Å². The summed E-state index contributed by atoms with van der Waals surface area (Å²) in [6.07, 6.45) is 5.06. The van der Waals surface area contributed by atoms with Gasteiger partial charge in [0.25, 0.3) is 5.91 Å². The van der Waals surface area contributed by atoms with E-state index in [9.17, 15) is 9.18 Å². The minimum atomic E-state index is -0.404. The molecule has 0 aliphatic carbocycles. The number of halogens is 1. The average molecular weight is 409 g/mol. The van der Waals surface area contributed by atoms with Crippen molar-refractivity contribution in [3.63, 3.8) is 0 Å². The molecule has 5 nitrogen and oxygen atoms in total. The third-order valence-electron chi connectivity index (χ3n) is 6.11. The van der Waals surface area contributed by atoms with Crippen LogP contribution in [0.15, 0.2) is 36.7 Å². The Morgan fingerprint density at radius 1 is 1.33 bits per heavy atom. The lowest BCUT2D eigenvalue weighted by Crippen LogP contribution is -2.37. The minimum Gasteiger partial charge on any atom is -0.336 e. The average Bonchev–Trinajstić information content (AvgIpc) is 3.38. The van der Waals surface area contributed by atoms with Gasteiger partial charge in [0.15, 0.2) is 0 Å². The number of fused-ring (bicyclic) bond motifs is 1. The van der Waals surface area contributed by atoms with Crippen molar-refractivity contribution >= 4 is 11.4 Å². The molecule has 4 rings (SSSR count). The molecule has 6 heteroatoms. The van der Waals surface area contributed by atoms with Gasteiger partial charge in [-0.3, -0.25) is 4.79 Å². The number of carbonyl (C=O) groups is 1. The fourth-order valence-electron chi connectivity index (χ4n) is 4.45. The van der Waals surface area contributed by atoms with Crippen LogP contribution in [0.5, 0.6) is 0 Å². The van der Waals surface area contributed by atoms with Crippen molar-refractivity contribution in [2.24, 2.45) is 0 Å². The first kappa shape index (κ1) is 20.5. The normalized spacial score (nSPS) is 16.5. The van der Waals surface area contributed by atoms with Gasteiger partial charge in [0, 0.05) is 30.9 Å². The molecule has 0 radical (unpaired) electrons. The number of imidazole rings is 1. The fraction of sp³-hybridized carbons (Fsp3) is 0.417. The molecule has 30 heavy (non-hydrogen) atoms. The lowest BCUT2D eigenvalue weighted by molar-refractivity contribution is 0.0717. The first-order chi connectivity index (χ1) is 14.4. The lowest BCUT2D eigenvalue weighted by atomic mass is 9.93. The summed E-state index contributed by atoms with van der Waals surface area (Å²) < 4.78 is 16.3. The molecule has 0 saturated carbocycles. The second-order valence-electron chi connectivity index (χ2n) is 8.31. The van der Waals surface area contributed by atoms with E-state index in [4.69, 9.17) is 0 Å². The Balaban J connectivity index is 1.93. The number of hydrogen-bond donors (Lipinski definition) is 1. The summed E-state index contributed by atoms with van der Waals surface area (Å²) in [6.45, 7) is 10.4. The molecule has 1 atom stereocenters. The van der Waals surface area contributed by atoms with E-state index >= 15 is 0 Å². The zero-order valence-corrected chi connectivity index (χ0v) is 18.1. The summed E-state index contributed by atoms with van der Waals surface area (Å²) in [5.74, 6) is 0.756. The molecular formula is C24H29FN4O. The highest BCUT2D eigenvalue weighted by molar-refractivity contribution is 6.03. The third kappa shape index (κ3) is 3.60. The van der Waals surface area contributed by atoms with Gasteiger partial charge in [-0.1, -0.05) is 6.07 Å². The molecule has 1 aliphatic rings. The summed E-state index contributed by atoms with van der Waals surface area (Å²) in [7, 11) is 0. The maximum atomic E-state index is 14.2. The van der Waals surface area contributed by atoms with E-state index in [1.807, 2.05) is 33.9 Å². The van der Waals surface area contributed by atoms with E-state index in [0.717, 1.165) is 42.0 Å². The number of amides is 1.